The molecule has 2 N–H and O–H groups in total. The number of nitrogens with zero attached hydrogens (tertiary/aromatic N) is 1. The first-order valence-electron chi connectivity index (χ1n) is 6.52. The molecule has 0 aliphatic heterocycles. The maximum Gasteiger partial charge on any atom is 0.269 e. The summed E-state index contributed by atoms with van der Waals surface area (Å²) in [6.07, 6.45) is 0. The van der Waals surface area contributed by atoms with Crippen LogP contribution in [0.2, 0.25) is 0 Å². The Morgan fingerprint density at radius 3 is 2.57 bits per heavy atom. The van der Waals surface area contributed by atoms with Gasteiger partial charge in [0.1, 0.15) is 11.5 Å². The molecule has 0 atom stereocenters. The van der Waals surface area contributed by atoms with Crippen LogP contribution in [0.4, 0.5) is 5.69 Å². The summed E-state index contributed by atoms with van der Waals surface area (Å²) in [4.78, 5) is 10.1. The summed E-state index contributed by atoms with van der Waals surface area (Å²) in [7, 11) is 0. The number of hydrogen-bond acceptors (Lipinski definition) is 5. The average Bonchev–Trinajstić information content (AvgIpc) is 2.48. The number of nitro benzene ring substituents is 1. The lowest BCUT2D eigenvalue weighted by atomic mass is 10.2. The second-order valence-corrected chi connectivity index (χ2v) is 4.40. The van der Waals surface area contributed by atoms with Crippen LogP contribution in [0.15, 0.2) is 48.5 Å². The summed E-state index contributed by atoms with van der Waals surface area (Å²) in [5, 5.41) is 22.4. The van der Waals surface area contributed by atoms with Crippen molar-refractivity contribution in [1.29, 1.82) is 0 Å². The third-order valence-corrected chi connectivity index (χ3v) is 2.80. The first-order chi connectivity index (χ1) is 10.2. The fourth-order valence-corrected chi connectivity index (χ4v) is 1.80. The van der Waals surface area contributed by atoms with Crippen molar-refractivity contribution >= 4 is 5.69 Å². The van der Waals surface area contributed by atoms with Gasteiger partial charge in [-0.15, -0.1) is 0 Å². The fraction of sp³-hybridized carbons (Fsp3) is 0.200. The second kappa shape index (κ2) is 7.37. The zero-order chi connectivity index (χ0) is 15.1. The molecule has 2 aromatic rings. The molecule has 0 saturated carbocycles. The number of ether oxygens (including phenoxy) is 1. The number of hydrogen-bond donors (Lipinski definition) is 2. The van der Waals surface area contributed by atoms with Gasteiger partial charge in [-0.2, -0.15) is 0 Å². The van der Waals surface area contributed by atoms with Gasteiger partial charge in [-0.3, -0.25) is 10.1 Å². The zero-order valence-electron chi connectivity index (χ0n) is 11.4. The largest absolute Gasteiger partial charge is 0.457 e. The van der Waals surface area contributed by atoms with Crippen LogP contribution >= 0.6 is 0 Å². The van der Waals surface area contributed by atoms with E-state index in [-0.39, 0.29) is 12.3 Å². The molecule has 0 bridgehead atoms. The lowest BCUT2D eigenvalue weighted by molar-refractivity contribution is -0.384. The van der Waals surface area contributed by atoms with Crippen molar-refractivity contribution in [1.82, 2.24) is 5.32 Å². The van der Waals surface area contributed by atoms with E-state index < -0.39 is 4.92 Å². The van der Waals surface area contributed by atoms with E-state index in [0.717, 1.165) is 5.56 Å². The average molecular weight is 288 g/mol. The van der Waals surface area contributed by atoms with Gasteiger partial charge in [0.25, 0.3) is 5.69 Å². The maximum absolute atomic E-state index is 10.6. The molecule has 6 nitrogen and oxygen atoms in total. The molecule has 0 radical (unpaired) electrons. The van der Waals surface area contributed by atoms with Crippen molar-refractivity contribution in [2.24, 2.45) is 0 Å². The molecule has 0 saturated heterocycles. The summed E-state index contributed by atoms with van der Waals surface area (Å²) in [5.74, 6) is 1.20. The molecule has 2 rings (SSSR count). The molecule has 0 aliphatic carbocycles. The van der Waals surface area contributed by atoms with Crippen molar-refractivity contribution in [3.8, 4) is 11.5 Å². The van der Waals surface area contributed by atoms with Gasteiger partial charge in [-0.25, -0.2) is 0 Å². The molecular weight excluding hydrogens is 272 g/mol. The van der Waals surface area contributed by atoms with E-state index in [0.29, 0.717) is 24.6 Å². The SMILES string of the molecule is O=[N+]([O-])c1ccc(Oc2cccc(CNCCO)c2)cc1. The van der Waals surface area contributed by atoms with Gasteiger partial charge in [0.2, 0.25) is 0 Å². The van der Waals surface area contributed by atoms with Crippen LogP contribution in [0, 0.1) is 10.1 Å². The Kier molecular flexibility index (Phi) is 5.25. The third-order valence-electron chi connectivity index (χ3n) is 2.80. The lowest BCUT2D eigenvalue weighted by Crippen LogP contribution is -2.17. The molecular formula is C15H16N2O4. The van der Waals surface area contributed by atoms with Crippen molar-refractivity contribution in [3.63, 3.8) is 0 Å². The number of rotatable bonds is 7. The van der Waals surface area contributed by atoms with Gasteiger partial charge >= 0.3 is 0 Å². The summed E-state index contributed by atoms with van der Waals surface area (Å²) in [6.45, 7) is 1.27. The molecule has 0 heterocycles. The topological polar surface area (TPSA) is 84.6 Å². The Morgan fingerprint density at radius 1 is 1.14 bits per heavy atom. The van der Waals surface area contributed by atoms with Gasteiger partial charge in [-0.05, 0) is 29.8 Å². The number of nitro groups is 1. The molecule has 0 spiro atoms. The standard InChI is InChI=1S/C15H16N2O4/c18-9-8-16-11-12-2-1-3-15(10-12)21-14-6-4-13(5-7-14)17(19)20/h1-7,10,16,18H,8-9,11H2. The van der Waals surface area contributed by atoms with Crippen molar-refractivity contribution in [2.75, 3.05) is 13.2 Å². The fourth-order valence-electron chi connectivity index (χ4n) is 1.80. The molecule has 0 aromatic heterocycles. The first kappa shape index (κ1) is 15.0. The third kappa shape index (κ3) is 4.55. The predicted octanol–water partition coefficient (Wildman–Crippen LogP) is 2.47. The number of nitrogens with one attached hydrogen (secondary N) is 1. The van der Waals surface area contributed by atoms with Gasteiger partial charge < -0.3 is 15.2 Å². The highest BCUT2D eigenvalue weighted by Gasteiger charge is 2.05. The van der Waals surface area contributed by atoms with E-state index in [9.17, 15) is 10.1 Å². The summed E-state index contributed by atoms with van der Waals surface area (Å²) < 4.78 is 5.66. The van der Waals surface area contributed by atoms with Crippen LogP contribution in [0.25, 0.3) is 0 Å². The molecule has 21 heavy (non-hydrogen) atoms. The number of benzene rings is 2. The Morgan fingerprint density at radius 2 is 1.90 bits per heavy atom. The van der Waals surface area contributed by atoms with Crippen LogP contribution in [-0.4, -0.2) is 23.2 Å². The van der Waals surface area contributed by atoms with Gasteiger partial charge in [0, 0.05) is 25.2 Å². The van der Waals surface area contributed by atoms with Crippen molar-refractivity contribution in [3.05, 3.63) is 64.2 Å². The quantitative estimate of drug-likeness (QED) is 0.464. The smallest absolute Gasteiger partial charge is 0.269 e. The summed E-state index contributed by atoms with van der Waals surface area (Å²) in [6, 6.07) is 13.5. The van der Waals surface area contributed by atoms with E-state index in [1.165, 1.54) is 12.1 Å². The van der Waals surface area contributed by atoms with Crippen LogP contribution < -0.4 is 10.1 Å². The Bertz CT molecular complexity index is 599. The lowest BCUT2D eigenvalue weighted by Gasteiger charge is -2.08. The monoisotopic (exact) mass is 288 g/mol. The highest BCUT2D eigenvalue weighted by atomic mass is 16.6. The molecule has 0 unspecified atom stereocenters. The number of non-ortho nitro benzene ring substituents is 1. The highest BCUT2D eigenvalue weighted by molar-refractivity contribution is 5.39. The van der Waals surface area contributed by atoms with Gasteiger partial charge in [-0.1, -0.05) is 12.1 Å². The second-order valence-electron chi connectivity index (χ2n) is 4.40. The number of aliphatic hydroxyl groups excluding tert-OH is 1. The Hall–Kier alpha value is -2.44. The minimum atomic E-state index is -0.447. The maximum atomic E-state index is 10.6. The molecule has 6 heteroatoms. The molecule has 0 amide bonds. The van der Waals surface area contributed by atoms with Gasteiger partial charge in [0.15, 0.2) is 0 Å². The van der Waals surface area contributed by atoms with Crippen LogP contribution in [-0.2, 0) is 6.54 Å². The van der Waals surface area contributed by atoms with Crippen molar-refractivity contribution in [2.45, 2.75) is 6.54 Å². The predicted molar refractivity (Wildman–Crippen MR) is 78.4 cm³/mol. The molecule has 110 valence electrons. The van der Waals surface area contributed by atoms with Crippen LogP contribution in [0.1, 0.15) is 5.56 Å². The van der Waals surface area contributed by atoms with E-state index in [1.807, 2.05) is 24.3 Å². The molecule has 0 aliphatic rings. The van der Waals surface area contributed by atoms with Crippen LogP contribution in [0.3, 0.4) is 0 Å². The minimum absolute atomic E-state index is 0.0318. The summed E-state index contributed by atoms with van der Waals surface area (Å²) >= 11 is 0. The zero-order valence-corrected chi connectivity index (χ0v) is 11.4. The van der Waals surface area contributed by atoms with Crippen molar-refractivity contribution < 1.29 is 14.8 Å². The van der Waals surface area contributed by atoms with E-state index >= 15 is 0 Å². The molecule has 0 fully saturated rings. The Balaban J connectivity index is 2.01. The normalized spacial score (nSPS) is 10.3. The molecule has 2 aromatic carbocycles. The first-order valence-corrected chi connectivity index (χ1v) is 6.52. The van der Waals surface area contributed by atoms with E-state index in [4.69, 9.17) is 9.84 Å². The highest BCUT2D eigenvalue weighted by Crippen LogP contribution is 2.24. The van der Waals surface area contributed by atoms with E-state index in [2.05, 4.69) is 5.32 Å². The van der Waals surface area contributed by atoms with Gasteiger partial charge in [0.05, 0.1) is 11.5 Å². The van der Waals surface area contributed by atoms with Crippen LogP contribution in [0.5, 0.6) is 11.5 Å². The summed E-state index contributed by atoms with van der Waals surface area (Å²) in [5.41, 5.74) is 1.06. The Labute approximate surface area is 122 Å². The number of aliphatic hydroxyl groups is 1. The minimum Gasteiger partial charge on any atom is -0.457 e. The van der Waals surface area contributed by atoms with E-state index in [1.54, 1.807) is 12.1 Å².